The monoisotopic (exact) mass is 472 g/mol. The maximum absolute atomic E-state index is 13.1. The van der Waals surface area contributed by atoms with E-state index >= 15 is 0 Å². The van der Waals surface area contributed by atoms with E-state index in [0.717, 1.165) is 11.1 Å². The van der Waals surface area contributed by atoms with E-state index in [1.165, 1.54) is 0 Å². The summed E-state index contributed by atoms with van der Waals surface area (Å²) in [6, 6.07) is 23.8. The number of halogens is 1. The van der Waals surface area contributed by atoms with Crippen molar-refractivity contribution in [2.24, 2.45) is 0 Å². The fourth-order valence-corrected chi connectivity index (χ4v) is 5.41. The number of nitrogens with zero attached hydrogens (tertiary/aromatic N) is 1. The summed E-state index contributed by atoms with van der Waals surface area (Å²) in [7, 11) is -1.86. The van der Waals surface area contributed by atoms with E-state index in [9.17, 15) is 8.42 Å². The maximum atomic E-state index is 13.1. The van der Waals surface area contributed by atoms with Gasteiger partial charge in [-0.25, -0.2) is 13.1 Å². The molecule has 3 aromatic carbocycles. The molecule has 0 radical (unpaired) electrons. The molecule has 0 spiro atoms. The van der Waals surface area contributed by atoms with Gasteiger partial charge in [-0.3, -0.25) is 4.84 Å². The maximum Gasteiger partial charge on any atom is 0.218 e. The van der Waals surface area contributed by atoms with Crippen LogP contribution >= 0.6 is 11.6 Å². The summed E-state index contributed by atoms with van der Waals surface area (Å²) < 4.78 is 34.9. The van der Waals surface area contributed by atoms with Crippen LogP contribution in [0.15, 0.2) is 78.9 Å². The molecule has 1 N–H and O–H groups in total. The quantitative estimate of drug-likeness (QED) is 0.519. The third-order valence-electron chi connectivity index (χ3n) is 5.39. The lowest BCUT2D eigenvalue weighted by molar-refractivity contribution is -0.110. The van der Waals surface area contributed by atoms with Crippen molar-refractivity contribution in [3.63, 3.8) is 0 Å². The van der Waals surface area contributed by atoms with Crippen LogP contribution in [0.5, 0.6) is 11.5 Å². The molecule has 8 heteroatoms. The van der Waals surface area contributed by atoms with Gasteiger partial charge in [-0.05, 0) is 53.9 Å². The molecular formula is C24H25ClN2O4S. The van der Waals surface area contributed by atoms with Crippen LogP contribution in [0.3, 0.4) is 0 Å². The molecule has 0 saturated carbocycles. The normalized spacial score (nSPS) is 19.2. The van der Waals surface area contributed by atoms with Gasteiger partial charge in [-0.15, -0.1) is 0 Å². The van der Waals surface area contributed by atoms with Crippen LogP contribution in [0.1, 0.15) is 17.2 Å². The molecule has 1 fully saturated rings. The predicted molar refractivity (Wildman–Crippen MR) is 125 cm³/mol. The third-order valence-corrected chi connectivity index (χ3v) is 7.44. The van der Waals surface area contributed by atoms with E-state index in [0.29, 0.717) is 29.5 Å². The Morgan fingerprint density at radius 3 is 2.53 bits per heavy atom. The molecule has 3 aromatic rings. The SMILES string of the molecule is CN1OCC(S(=O)(=O)NCCc2ccccc2)C1c1cccc(Oc2ccc(Cl)cc2)c1. The summed E-state index contributed by atoms with van der Waals surface area (Å²) in [6.07, 6.45) is 0.624. The van der Waals surface area contributed by atoms with Crippen LogP contribution in [0.2, 0.25) is 5.02 Å². The van der Waals surface area contributed by atoms with Crippen LogP contribution in [-0.2, 0) is 21.3 Å². The third kappa shape index (κ3) is 5.49. The Kier molecular flexibility index (Phi) is 7.13. The van der Waals surface area contributed by atoms with Crippen LogP contribution in [-0.4, -0.2) is 38.9 Å². The molecule has 2 atom stereocenters. The standard InChI is InChI=1S/C24H25ClN2O4S/c1-27-24(19-8-5-9-22(16-19)31-21-12-10-20(25)11-13-21)23(17-30-27)32(28,29)26-15-14-18-6-3-2-4-7-18/h2-13,16,23-24,26H,14-15,17H2,1H3. The van der Waals surface area contributed by atoms with Gasteiger partial charge in [0, 0.05) is 18.6 Å². The van der Waals surface area contributed by atoms with E-state index in [4.69, 9.17) is 21.2 Å². The largest absolute Gasteiger partial charge is 0.457 e. The van der Waals surface area contributed by atoms with Gasteiger partial charge in [0.05, 0.1) is 12.6 Å². The first-order valence-corrected chi connectivity index (χ1v) is 12.3. The van der Waals surface area contributed by atoms with Gasteiger partial charge in [0.25, 0.3) is 0 Å². The first-order chi connectivity index (χ1) is 15.4. The van der Waals surface area contributed by atoms with Crippen molar-refractivity contribution in [2.75, 3.05) is 20.2 Å². The fraction of sp³-hybridized carbons (Fsp3) is 0.250. The molecule has 32 heavy (non-hydrogen) atoms. The molecular weight excluding hydrogens is 448 g/mol. The first-order valence-electron chi connectivity index (χ1n) is 10.3. The van der Waals surface area contributed by atoms with Crippen molar-refractivity contribution in [1.29, 1.82) is 0 Å². The van der Waals surface area contributed by atoms with Crippen molar-refractivity contribution in [3.8, 4) is 11.5 Å². The lowest BCUT2D eigenvalue weighted by atomic mass is 10.0. The lowest BCUT2D eigenvalue weighted by Gasteiger charge is -2.23. The Bertz CT molecular complexity index is 1140. The zero-order chi connectivity index (χ0) is 22.6. The second kappa shape index (κ2) is 10.0. The van der Waals surface area contributed by atoms with Gasteiger partial charge >= 0.3 is 0 Å². The van der Waals surface area contributed by atoms with E-state index in [1.54, 1.807) is 36.4 Å². The average molecular weight is 473 g/mol. The van der Waals surface area contributed by atoms with Gasteiger partial charge < -0.3 is 4.74 Å². The second-order valence-corrected chi connectivity index (χ2v) is 10.0. The zero-order valence-electron chi connectivity index (χ0n) is 17.6. The first kappa shape index (κ1) is 22.8. The van der Waals surface area contributed by atoms with Crippen molar-refractivity contribution in [1.82, 2.24) is 9.79 Å². The number of nitrogens with one attached hydrogen (secondary N) is 1. The van der Waals surface area contributed by atoms with Crippen molar-refractivity contribution >= 4 is 21.6 Å². The summed E-state index contributed by atoms with van der Waals surface area (Å²) in [6.45, 7) is 0.420. The summed E-state index contributed by atoms with van der Waals surface area (Å²) >= 11 is 5.93. The second-order valence-electron chi connectivity index (χ2n) is 7.63. The number of hydrogen-bond acceptors (Lipinski definition) is 5. The molecule has 168 valence electrons. The molecule has 4 rings (SSSR count). The number of rotatable bonds is 8. The summed E-state index contributed by atoms with van der Waals surface area (Å²) in [5, 5.41) is 1.49. The van der Waals surface area contributed by atoms with Crippen LogP contribution in [0, 0.1) is 0 Å². The number of hydroxylamine groups is 2. The van der Waals surface area contributed by atoms with E-state index < -0.39 is 21.3 Å². The summed E-state index contributed by atoms with van der Waals surface area (Å²) in [5.41, 5.74) is 1.88. The smallest absolute Gasteiger partial charge is 0.218 e. The van der Waals surface area contributed by atoms with Crippen molar-refractivity contribution in [2.45, 2.75) is 17.7 Å². The molecule has 1 aliphatic heterocycles. The predicted octanol–water partition coefficient (Wildman–Crippen LogP) is 4.58. The van der Waals surface area contributed by atoms with Gasteiger partial charge in [0.15, 0.2) is 0 Å². The van der Waals surface area contributed by atoms with E-state index in [2.05, 4.69) is 4.72 Å². The molecule has 0 bridgehead atoms. The molecule has 0 amide bonds. The molecule has 0 aliphatic carbocycles. The molecule has 1 aliphatic rings. The molecule has 0 aromatic heterocycles. The van der Waals surface area contributed by atoms with E-state index in [-0.39, 0.29) is 6.61 Å². The Labute approximate surface area is 193 Å². The highest BCUT2D eigenvalue weighted by Gasteiger charge is 2.43. The van der Waals surface area contributed by atoms with Gasteiger partial charge in [-0.2, -0.15) is 5.06 Å². The number of ether oxygens (including phenoxy) is 1. The lowest BCUT2D eigenvalue weighted by Crippen LogP contribution is -2.40. The van der Waals surface area contributed by atoms with Gasteiger partial charge in [0.2, 0.25) is 10.0 Å². The fourth-order valence-electron chi connectivity index (χ4n) is 3.77. The Morgan fingerprint density at radius 2 is 1.78 bits per heavy atom. The van der Waals surface area contributed by atoms with Gasteiger partial charge in [-0.1, -0.05) is 54.1 Å². The Hall–Kier alpha value is -2.42. The minimum Gasteiger partial charge on any atom is -0.457 e. The average Bonchev–Trinajstić information content (AvgIpc) is 3.19. The highest BCUT2D eigenvalue weighted by molar-refractivity contribution is 7.90. The highest BCUT2D eigenvalue weighted by atomic mass is 35.5. The minimum absolute atomic E-state index is 0.0874. The summed E-state index contributed by atoms with van der Waals surface area (Å²) in [4.78, 5) is 5.61. The Balaban J connectivity index is 1.48. The number of sulfonamides is 1. The minimum atomic E-state index is -3.61. The van der Waals surface area contributed by atoms with Crippen LogP contribution in [0.25, 0.3) is 0 Å². The van der Waals surface area contributed by atoms with Crippen molar-refractivity contribution < 1.29 is 18.0 Å². The number of hydrogen-bond donors (Lipinski definition) is 1. The van der Waals surface area contributed by atoms with Gasteiger partial charge in [0.1, 0.15) is 16.7 Å². The summed E-state index contributed by atoms with van der Waals surface area (Å²) in [5.74, 6) is 1.26. The van der Waals surface area contributed by atoms with Crippen molar-refractivity contribution in [3.05, 3.63) is 95.0 Å². The van der Waals surface area contributed by atoms with Crippen LogP contribution in [0.4, 0.5) is 0 Å². The molecule has 6 nitrogen and oxygen atoms in total. The Morgan fingerprint density at radius 1 is 1.03 bits per heavy atom. The highest BCUT2D eigenvalue weighted by Crippen LogP contribution is 2.35. The van der Waals surface area contributed by atoms with E-state index in [1.807, 2.05) is 54.6 Å². The number of benzene rings is 3. The molecule has 1 heterocycles. The zero-order valence-corrected chi connectivity index (χ0v) is 19.2. The molecule has 2 unspecified atom stereocenters. The topological polar surface area (TPSA) is 67.9 Å². The van der Waals surface area contributed by atoms with Crippen LogP contribution < -0.4 is 9.46 Å². The molecule has 1 saturated heterocycles.